The van der Waals surface area contributed by atoms with Crippen molar-refractivity contribution in [3.8, 4) is 5.75 Å². The first-order valence-electron chi connectivity index (χ1n) is 9.51. The second-order valence-electron chi connectivity index (χ2n) is 6.85. The van der Waals surface area contributed by atoms with Crippen molar-refractivity contribution < 1.29 is 18.7 Å². The molecule has 1 amide bonds. The molecular weight excluding hydrogens is 370 g/mol. The van der Waals surface area contributed by atoms with Gasteiger partial charge in [-0.1, -0.05) is 25.1 Å². The molecule has 0 aliphatic heterocycles. The van der Waals surface area contributed by atoms with E-state index in [9.17, 15) is 14.4 Å². The van der Waals surface area contributed by atoms with Crippen molar-refractivity contribution in [2.75, 3.05) is 6.54 Å². The second-order valence-corrected chi connectivity index (χ2v) is 6.85. The Morgan fingerprint density at radius 1 is 1.07 bits per heavy atom. The highest BCUT2D eigenvalue weighted by molar-refractivity contribution is 5.95. The van der Waals surface area contributed by atoms with Crippen LogP contribution in [0.15, 0.2) is 51.7 Å². The third kappa shape index (κ3) is 4.71. The monoisotopic (exact) mass is 393 g/mol. The van der Waals surface area contributed by atoms with Gasteiger partial charge in [0.25, 0.3) is 5.91 Å². The number of carbonyl (C=O) groups is 2. The zero-order valence-corrected chi connectivity index (χ0v) is 16.7. The summed E-state index contributed by atoms with van der Waals surface area (Å²) in [6.45, 7) is 5.81. The molecule has 0 fully saturated rings. The summed E-state index contributed by atoms with van der Waals surface area (Å²) in [7, 11) is 0. The van der Waals surface area contributed by atoms with Crippen LogP contribution in [0.5, 0.6) is 5.75 Å². The van der Waals surface area contributed by atoms with Crippen LogP contribution in [0.4, 0.5) is 0 Å². The fourth-order valence-electron chi connectivity index (χ4n) is 3.14. The molecule has 29 heavy (non-hydrogen) atoms. The Kier molecular flexibility index (Phi) is 6.12. The first kappa shape index (κ1) is 20.3. The largest absolute Gasteiger partial charge is 0.426 e. The van der Waals surface area contributed by atoms with E-state index in [2.05, 4.69) is 5.32 Å². The molecule has 0 unspecified atom stereocenters. The lowest BCUT2D eigenvalue weighted by molar-refractivity contribution is -0.134. The normalized spacial score (nSPS) is 10.7. The number of carbonyl (C=O) groups excluding carboxylic acids is 2. The van der Waals surface area contributed by atoms with Gasteiger partial charge in [0.05, 0.1) is 6.42 Å². The van der Waals surface area contributed by atoms with Crippen molar-refractivity contribution in [2.24, 2.45) is 0 Å². The van der Waals surface area contributed by atoms with E-state index in [1.807, 2.05) is 39.0 Å². The SMILES string of the molecule is CCc1cc2c(C)cc(=O)oc2cc1OC(=O)CCNC(=O)c1ccccc1C. The smallest absolute Gasteiger partial charge is 0.336 e. The summed E-state index contributed by atoms with van der Waals surface area (Å²) in [5.41, 5.74) is 3.02. The number of nitrogens with one attached hydrogen (secondary N) is 1. The zero-order valence-electron chi connectivity index (χ0n) is 16.7. The summed E-state index contributed by atoms with van der Waals surface area (Å²) in [5, 5.41) is 3.54. The van der Waals surface area contributed by atoms with E-state index in [0.717, 1.165) is 22.1 Å². The van der Waals surface area contributed by atoms with Gasteiger partial charge in [-0.25, -0.2) is 4.79 Å². The second kappa shape index (κ2) is 8.73. The molecule has 1 aromatic heterocycles. The molecule has 2 aromatic carbocycles. The molecule has 3 rings (SSSR count). The van der Waals surface area contributed by atoms with Crippen molar-refractivity contribution in [2.45, 2.75) is 33.6 Å². The molecule has 0 spiro atoms. The molecule has 0 bridgehead atoms. The zero-order chi connectivity index (χ0) is 21.0. The minimum atomic E-state index is -0.473. The Balaban J connectivity index is 1.67. The van der Waals surface area contributed by atoms with Gasteiger partial charge in [0, 0.05) is 29.6 Å². The van der Waals surface area contributed by atoms with Gasteiger partial charge in [0.2, 0.25) is 0 Å². The van der Waals surface area contributed by atoms with Crippen LogP contribution in [-0.4, -0.2) is 18.4 Å². The van der Waals surface area contributed by atoms with Crippen LogP contribution in [0.3, 0.4) is 0 Å². The van der Waals surface area contributed by atoms with E-state index >= 15 is 0 Å². The van der Waals surface area contributed by atoms with E-state index < -0.39 is 11.6 Å². The summed E-state index contributed by atoms with van der Waals surface area (Å²) in [6, 6.07) is 12.1. The van der Waals surface area contributed by atoms with Crippen LogP contribution in [0, 0.1) is 13.8 Å². The van der Waals surface area contributed by atoms with Crippen LogP contribution in [0.1, 0.15) is 40.4 Å². The van der Waals surface area contributed by atoms with Crippen molar-refractivity contribution in [1.29, 1.82) is 0 Å². The number of amides is 1. The molecule has 6 nitrogen and oxygen atoms in total. The van der Waals surface area contributed by atoms with E-state index in [0.29, 0.717) is 23.3 Å². The molecule has 0 saturated heterocycles. The molecule has 1 heterocycles. The van der Waals surface area contributed by atoms with Crippen molar-refractivity contribution >= 4 is 22.8 Å². The van der Waals surface area contributed by atoms with Crippen molar-refractivity contribution in [3.63, 3.8) is 0 Å². The Labute approximate surface area is 168 Å². The first-order chi connectivity index (χ1) is 13.9. The molecule has 150 valence electrons. The lowest BCUT2D eigenvalue weighted by Crippen LogP contribution is -2.27. The minimum Gasteiger partial charge on any atom is -0.426 e. The standard InChI is InChI=1S/C23H23NO5/c1-4-16-12-18-15(3)11-22(26)29-20(18)13-19(16)28-21(25)9-10-24-23(27)17-8-6-5-7-14(17)2/h5-8,11-13H,4,9-10H2,1-3H3,(H,24,27). The maximum absolute atomic E-state index is 12.3. The van der Waals surface area contributed by atoms with Gasteiger partial charge < -0.3 is 14.5 Å². The number of hydrogen-bond acceptors (Lipinski definition) is 5. The van der Waals surface area contributed by atoms with Gasteiger partial charge in [-0.05, 0) is 49.1 Å². The van der Waals surface area contributed by atoms with Gasteiger partial charge in [0.15, 0.2) is 0 Å². The number of fused-ring (bicyclic) bond motifs is 1. The third-order valence-electron chi connectivity index (χ3n) is 4.74. The number of hydrogen-bond donors (Lipinski definition) is 1. The molecular formula is C23H23NO5. The van der Waals surface area contributed by atoms with Gasteiger partial charge in [0.1, 0.15) is 11.3 Å². The summed E-state index contributed by atoms with van der Waals surface area (Å²) >= 11 is 0. The average Bonchev–Trinajstić information content (AvgIpc) is 2.67. The van der Waals surface area contributed by atoms with Crippen LogP contribution >= 0.6 is 0 Å². The number of esters is 1. The van der Waals surface area contributed by atoms with E-state index in [1.165, 1.54) is 6.07 Å². The Hall–Kier alpha value is -3.41. The molecule has 3 aromatic rings. The molecule has 1 N–H and O–H groups in total. The third-order valence-corrected chi connectivity index (χ3v) is 4.74. The fraction of sp³-hybridized carbons (Fsp3) is 0.261. The highest BCUT2D eigenvalue weighted by atomic mass is 16.5. The average molecular weight is 393 g/mol. The Bertz CT molecular complexity index is 1130. The van der Waals surface area contributed by atoms with Crippen molar-refractivity contribution in [3.05, 3.63) is 75.1 Å². The molecule has 0 atom stereocenters. The Morgan fingerprint density at radius 2 is 1.83 bits per heavy atom. The molecule has 0 aliphatic rings. The topological polar surface area (TPSA) is 85.6 Å². The predicted molar refractivity (Wildman–Crippen MR) is 110 cm³/mol. The summed E-state index contributed by atoms with van der Waals surface area (Å²) in [4.78, 5) is 36.1. The van der Waals surface area contributed by atoms with E-state index in [4.69, 9.17) is 9.15 Å². The predicted octanol–water partition coefficient (Wildman–Crippen LogP) is 3.70. The maximum atomic E-state index is 12.3. The molecule has 0 radical (unpaired) electrons. The van der Waals surface area contributed by atoms with Gasteiger partial charge in [-0.3, -0.25) is 9.59 Å². The molecule has 6 heteroatoms. The number of benzene rings is 2. The highest BCUT2D eigenvalue weighted by Crippen LogP contribution is 2.28. The van der Waals surface area contributed by atoms with E-state index in [1.54, 1.807) is 18.2 Å². The fourth-order valence-corrected chi connectivity index (χ4v) is 3.14. The Morgan fingerprint density at radius 3 is 2.55 bits per heavy atom. The van der Waals surface area contributed by atoms with Crippen LogP contribution in [0.25, 0.3) is 11.0 Å². The lowest BCUT2D eigenvalue weighted by Gasteiger charge is -2.11. The minimum absolute atomic E-state index is 0.0244. The molecule has 0 saturated carbocycles. The van der Waals surface area contributed by atoms with Crippen LogP contribution < -0.4 is 15.7 Å². The maximum Gasteiger partial charge on any atom is 0.336 e. The van der Waals surface area contributed by atoms with Gasteiger partial charge in [-0.2, -0.15) is 0 Å². The lowest BCUT2D eigenvalue weighted by atomic mass is 10.1. The first-order valence-corrected chi connectivity index (χ1v) is 9.51. The molecule has 0 aliphatic carbocycles. The summed E-state index contributed by atoms with van der Waals surface area (Å²) in [6.07, 6.45) is 0.678. The van der Waals surface area contributed by atoms with Crippen LogP contribution in [-0.2, 0) is 11.2 Å². The van der Waals surface area contributed by atoms with Crippen molar-refractivity contribution in [1.82, 2.24) is 5.32 Å². The highest BCUT2D eigenvalue weighted by Gasteiger charge is 2.14. The van der Waals surface area contributed by atoms with Gasteiger partial charge >= 0.3 is 11.6 Å². The number of aryl methyl sites for hydroxylation is 3. The van der Waals surface area contributed by atoms with Crippen LogP contribution in [0.2, 0.25) is 0 Å². The quantitative estimate of drug-likeness (QED) is 0.392. The number of rotatable bonds is 6. The van der Waals surface area contributed by atoms with Gasteiger partial charge in [-0.15, -0.1) is 0 Å². The van der Waals surface area contributed by atoms with E-state index in [-0.39, 0.29) is 18.9 Å². The summed E-state index contributed by atoms with van der Waals surface area (Å²) < 4.78 is 10.7. The number of ether oxygens (including phenoxy) is 1. The summed E-state index contributed by atoms with van der Waals surface area (Å²) in [5.74, 6) is -0.337.